The standard InChI is InChI=1S/C14H29N3O2/c1-5-7-8-12(6-2)14(18)17(11(3)4)10-9-13(15)16-19/h11-12,19H,5-10H2,1-4H3,(H2,15,16). The van der Waals surface area contributed by atoms with Crippen LogP contribution in [0.4, 0.5) is 0 Å². The number of carbonyl (C=O) groups excluding carboxylic acids is 1. The predicted octanol–water partition coefficient (Wildman–Crippen LogP) is 2.58. The minimum atomic E-state index is 0.0923. The molecule has 1 atom stereocenters. The molecular formula is C14H29N3O2. The van der Waals surface area contributed by atoms with Crippen LogP contribution in [0.3, 0.4) is 0 Å². The van der Waals surface area contributed by atoms with Crippen molar-refractivity contribution in [2.75, 3.05) is 6.54 Å². The fraction of sp³-hybridized carbons (Fsp3) is 0.857. The van der Waals surface area contributed by atoms with Crippen molar-refractivity contribution in [3.05, 3.63) is 0 Å². The van der Waals surface area contributed by atoms with E-state index in [1.54, 1.807) is 0 Å². The molecule has 0 aromatic rings. The minimum absolute atomic E-state index is 0.0923. The molecule has 0 bridgehead atoms. The Bertz CT molecular complexity index is 290. The third-order valence-corrected chi connectivity index (χ3v) is 3.39. The quantitative estimate of drug-likeness (QED) is 0.293. The van der Waals surface area contributed by atoms with Crippen molar-refractivity contribution in [3.8, 4) is 0 Å². The molecule has 0 aliphatic carbocycles. The highest BCUT2D eigenvalue weighted by molar-refractivity contribution is 5.82. The van der Waals surface area contributed by atoms with Crippen molar-refractivity contribution in [2.24, 2.45) is 16.8 Å². The van der Waals surface area contributed by atoms with Crippen LogP contribution in [0.2, 0.25) is 0 Å². The van der Waals surface area contributed by atoms with Gasteiger partial charge < -0.3 is 15.8 Å². The average Bonchev–Trinajstić information content (AvgIpc) is 2.39. The van der Waals surface area contributed by atoms with Gasteiger partial charge in [-0.05, 0) is 26.7 Å². The van der Waals surface area contributed by atoms with Gasteiger partial charge in [-0.2, -0.15) is 0 Å². The number of hydrogen-bond donors (Lipinski definition) is 2. The van der Waals surface area contributed by atoms with Crippen LogP contribution in [0.25, 0.3) is 0 Å². The van der Waals surface area contributed by atoms with E-state index in [0.29, 0.717) is 13.0 Å². The molecule has 112 valence electrons. The molecule has 0 heterocycles. The maximum atomic E-state index is 12.5. The molecule has 0 saturated carbocycles. The largest absolute Gasteiger partial charge is 0.409 e. The predicted molar refractivity (Wildman–Crippen MR) is 78.2 cm³/mol. The second kappa shape index (κ2) is 9.64. The third kappa shape index (κ3) is 6.45. The number of hydrogen-bond acceptors (Lipinski definition) is 3. The normalized spacial score (nSPS) is 13.6. The highest BCUT2D eigenvalue weighted by atomic mass is 16.4. The summed E-state index contributed by atoms with van der Waals surface area (Å²) in [5, 5.41) is 11.5. The van der Waals surface area contributed by atoms with Crippen LogP contribution in [-0.2, 0) is 4.79 Å². The maximum Gasteiger partial charge on any atom is 0.225 e. The van der Waals surface area contributed by atoms with E-state index in [4.69, 9.17) is 10.9 Å². The first kappa shape index (κ1) is 17.7. The maximum absolute atomic E-state index is 12.5. The van der Waals surface area contributed by atoms with E-state index < -0.39 is 0 Å². The SMILES string of the molecule is CCCCC(CC)C(=O)N(CC/C(N)=N/O)C(C)C. The van der Waals surface area contributed by atoms with Crippen molar-refractivity contribution in [2.45, 2.75) is 65.8 Å². The zero-order valence-corrected chi connectivity index (χ0v) is 12.7. The van der Waals surface area contributed by atoms with Crippen molar-refractivity contribution < 1.29 is 10.0 Å². The van der Waals surface area contributed by atoms with Crippen LogP contribution in [0.1, 0.15) is 59.8 Å². The van der Waals surface area contributed by atoms with Gasteiger partial charge in [0.15, 0.2) is 0 Å². The van der Waals surface area contributed by atoms with Gasteiger partial charge >= 0.3 is 0 Å². The van der Waals surface area contributed by atoms with E-state index in [2.05, 4.69) is 19.0 Å². The first-order valence-electron chi connectivity index (χ1n) is 7.24. The number of amides is 1. The second-order valence-corrected chi connectivity index (χ2v) is 5.21. The van der Waals surface area contributed by atoms with Crippen molar-refractivity contribution >= 4 is 11.7 Å². The number of amidine groups is 1. The van der Waals surface area contributed by atoms with E-state index in [9.17, 15) is 4.79 Å². The number of unbranched alkanes of at least 4 members (excludes halogenated alkanes) is 1. The number of oxime groups is 1. The van der Waals surface area contributed by atoms with Gasteiger partial charge in [-0.15, -0.1) is 0 Å². The summed E-state index contributed by atoms with van der Waals surface area (Å²) in [6.07, 6.45) is 4.40. The molecule has 0 fully saturated rings. The lowest BCUT2D eigenvalue weighted by Crippen LogP contribution is -2.42. The lowest BCUT2D eigenvalue weighted by molar-refractivity contribution is -0.137. The van der Waals surface area contributed by atoms with Gasteiger partial charge in [0.1, 0.15) is 5.84 Å². The smallest absolute Gasteiger partial charge is 0.225 e. The molecule has 5 heteroatoms. The van der Waals surface area contributed by atoms with E-state index in [0.717, 1.165) is 25.7 Å². The number of carbonyl (C=O) groups is 1. The summed E-state index contributed by atoms with van der Waals surface area (Å²) >= 11 is 0. The van der Waals surface area contributed by atoms with Crippen molar-refractivity contribution in [1.82, 2.24) is 4.90 Å². The van der Waals surface area contributed by atoms with Gasteiger partial charge in [0.2, 0.25) is 5.91 Å². The molecule has 3 N–H and O–H groups in total. The topological polar surface area (TPSA) is 78.9 Å². The summed E-state index contributed by atoms with van der Waals surface area (Å²) in [6.45, 7) is 8.69. The minimum Gasteiger partial charge on any atom is -0.409 e. The summed E-state index contributed by atoms with van der Waals surface area (Å²) in [5.74, 6) is 0.450. The van der Waals surface area contributed by atoms with Crippen LogP contribution >= 0.6 is 0 Å². The van der Waals surface area contributed by atoms with Crippen LogP contribution in [0.15, 0.2) is 5.16 Å². The van der Waals surface area contributed by atoms with Crippen molar-refractivity contribution in [3.63, 3.8) is 0 Å². The Hall–Kier alpha value is -1.26. The van der Waals surface area contributed by atoms with Crippen LogP contribution in [0, 0.1) is 5.92 Å². The summed E-state index contributed by atoms with van der Waals surface area (Å²) in [7, 11) is 0. The van der Waals surface area contributed by atoms with Crippen molar-refractivity contribution in [1.29, 1.82) is 0 Å². The van der Waals surface area contributed by atoms with Gasteiger partial charge in [0.05, 0.1) is 0 Å². The molecule has 0 aromatic heterocycles. The molecule has 0 aliphatic rings. The van der Waals surface area contributed by atoms with E-state index in [-0.39, 0.29) is 23.7 Å². The Morgan fingerprint density at radius 1 is 1.37 bits per heavy atom. The molecule has 5 nitrogen and oxygen atoms in total. The van der Waals surface area contributed by atoms with Gasteiger partial charge in [0.25, 0.3) is 0 Å². The Morgan fingerprint density at radius 3 is 2.42 bits per heavy atom. The zero-order valence-electron chi connectivity index (χ0n) is 12.7. The van der Waals surface area contributed by atoms with Gasteiger partial charge in [0, 0.05) is 24.9 Å². The lowest BCUT2D eigenvalue weighted by Gasteiger charge is -2.30. The van der Waals surface area contributed by atoms with E-state index >= 15 is 0 Å². The van der Waals surface area contributed by atoms with Gasteiger partial charge in [-0.1, -0.05) is 31.8 Å². The summed E-state index contributed by atoms with van der Waals surface area (Å²) in [4.78, 5) is 14.3. The third-order valence-electron chi connectivity index (χ3n) is 3.39. The monoisotopic (exact) mass is 271 g/mol. The second-order valence-electron chi connectivity index (χ2n) is 5.21. The molecule has 0 rings (SSSR count). The Labute approximate surface area is 116 Å². The van der Waals surface area contributed by atoms with Crippen LogP contribution in [-0.4, -0.2) is 34.4 Å². The first-order valence-corrected chi connectivity index (χ1v) is 7.24. The molecule has 1 unspecified atom stereocenters. The molecular weight excluding hydrogens is 242 g/mol. The van der Waals surface area contributed by atoms with Gasteiger partial charge in [-0.3, -0.25) is 4.79 Å². The molecule has 0 aromatic carbocycles. The molecule has 19 heavy (non-hydrogen) atoms. The number of nitrogens with two attached hydrogens (primary N) is 1. The summed E-state index contributed by atoms with van der Waals surface area (Å²) in [5.41, 5.74) is 5.47. The molecule has 0 saturated heterocycles. The Morgan fingerprint density at radius 2 is 2.00 bits per heavy atom. The van der Waals surface area contributed by atoms with Crippen LogP contribution < -0.4 is 5.73 Å². The fourth-order valence-electron chi connectivity index (χ4n) is 2.10. The molecule has 1 amide bonds. The zero-order chi connectivity index (χ0) is 14.8. The first-order chi connectivity index (χ1) is 8.97. The number of rotatable bonds is 9. The lowest BCUT2D eigenvalue weighted by atomic mass is 9.97. The van der Waals surface area contributed by atoms with Gasteiger partial charge in [-0.25, -0.2) is 0 Å². The highest BCUT2D eigenvalue weighted by Gasteiger charge is 2.24. The summed E-state index contributed by atoms with van der Waals surface area (Å²) < 4.78 is 0. The fourth-order valence-corrected chi connectivity index (χ4v) is 2.10. The highest BCUT2D eigenvalue weighted by Crippen LogP contribution is 2.17. The van der Waals surface area contributed by atoms with E-state index in [1.807, 2.05) is 18.7 Å². The summed E-state index contributed by atoms with van der Waals surface area (Å²) in [6, 6.07) is 0.134. The Kier molecular flexibility index (Phi) is 9.00. The average molecular weight is 271 g/mol. The number of nitrogens with zero attached hydrogens (tertiary/aromatic N) is 2. The van der Waals surface area contributed by atoms with Crippen LogP contribution in [0.5, 0.6) is 0 Å². The van der Waals surface area contributed by atoms with E-state index in [1.165, 1.54) is 0 Å². The Balaban J connectivity index is 4.62. The molecule has 0 radical (unpaired) electrons. The molecule has 0 aliphatic heterocycles. The molecule has 0 spiro atoms.